The first kappa shape index (κ1) is 12.5. The number of hydrogen-bond donors (Lipinski definition) is 1. The standard InChI is InChI=1S/C12H23N3/c1-4-5-7-11(13)12-10-14(2)8-6-9-15(12)3/h1,11-12H,5-10,13H2,2-3H3. The van der Waals surface area contributed by atoms with Gasteiger partial charge in [-0.25, -0.2) is 0 Å². The Morgan fingerprint density at radius 2 is 2.20 bits per heavy atom. The first-order chi connectivity index (χ1) is 7.15. The van der Waals surface area contributed by atoms with Gasteiger partial charge in [0, 0.05) is 25.0 Å². The normalized spacial score (nSPS) is 26.9. The largest absolute Gasteiger partial charge is 0.326 e. The van der Waals surface area contributed by atoms with Gasteiger partial charge in [0.15, 0.2) is 0 Å². The molecule has 0 aromatic rings. The SMILES string of the molecule is C#CCCC(N)C1CN(C)CCCN1C. The average molecular weight is 209 g/mol. The second kappa shape index (κ2) is 6.12. The van der Waals surface area contributed by atoms with E-state index in [2.05, 4.69) is 29.8 Å². The van der Waals surface area contributed by atoms with Gasteiger partial charge >= 0.3 is 0 Å². The van der Waals surface area contributed by atoms with Crippen molar-refractivity contribution < 1.29 is 0 Å². The summed E-state index contributed by atoms with van der Waals surface area (Å²) in [6.45, 7) is 3.36. The lowest BCUT2D eigenvalue weighted by Gasteiger charge is -2.32. The van der Waals surface area contributed by atoms with E-state index in [1.54, 1.807) is 0 Å². The third-order valence-corrected chi connectivity index (χ3v) is 3.23. The third-order valence-electron chi connectivity index (χ3n) is 3.23. The number of terminal acetylenes is 1. The highest BCUT2D eigenvalue weighted by Crippen LogP contribution is 2.12. The molecule has 2 N–H and O–H groups in total. The molecule has 0 bridgehead atoms. The van der Waals surface area contributed by atoms with Crippen LogP contribution in [0.2, 0.25) is 0 Å². The van der Waals surface area contributed by atoms with Crippen molar-refractivity contribution in [3.8, 4) is 12.3 Å². The fourth-order valence-electron chi connectivity index (χ4n) is 2.21. The van der Waals surface area contributed by atoms with Crippen LogP contribution in [0.5, 0.6) is 0 Å². The van der Waals surface area contributed by atoms with E-state index in [-0.39, 0.29) is 6.04 Å². The van der Waals surface area contributed by atoms with Gasteiger partial charge in [-0.05, 0) is 40.0 Å². The van der Waals surface area contributed by atoms with Crippen molar-refractivity contribution >= 4 is 0 Å². The first-order valence-corrected chi connectivity index (χ1v) is 5.73. The molecule has 86 valence electrons. The molecule has 1 saturated heterocycles. The fraction of sp³-hybridized carbons (Fsp3) is 0.833. The van der Waals surface area contributed by atoms with Crippen LogP contribution in [0.25, 0.3) is 0 Å². The highest BCUT2D eigenvalue weighted by Gasteiger charge is 2.25. The van der Waals surface area contributed by atoms with Gasteiger partial charge in [0.1, 0.15) is 0 Å². The Bertz CT molecular complexity index is 221. The summed E-state index contributed by atoms with van der Waals surface area (Å²) in [6, 6.07) is 0.650. The van der Waals surface area contributed by atoms with Gasteiger partial charge in [-0.2, -0.15) is 0 Å². The summed E-state index contributed by atoms with van der Waals surface area (Å²) in [4.78, 5) is 4.74. The van der Waals surface area contributed by atoms with E-state index in [4.69, 9.17) is 12.2 Å². The maximum absolute atomic E-state index is 6.19. The Hall–Kier alpha value is -0.560. The average Bonchev–Trinajstić information content (AvgIpc) is 2.37. The van der Waals surface area contributed by atoms with E-state index in [0.717, 1.165) is 25.9 Å². The van der Waals surface area contributed by atoms with Crippen LogP contribution >= 0.6 is 0 Å². The van der Waals surface area contributed by atoms with Crippen molar-refractivity contribution in [3.05, 3.63) is 0 Å². The number of hydrogen-bond acceptors (Lipinski definition) is 3. The van der Waals surface area contributed by atoms with Gasteiger partial charge in [0.2, 0.25) is 0 Å². The minimum atomic E-state index is 0.201. The summed E-state index contributed by atoms with van der Waals surface area (Å²) >= 11 is 0. The van der Waals surface area contributed by atoms with Crippen LogP contribution in [0.4, 0.5) is 0 Å². The second-order valence-corrected chi connectivity index (χ2v) is 4.57. The molecule has 3 heteroatoms. The Labute approximate surface area is 93.6 Å². The molecule has 0 radical (unpaired) electrons. The minimum Gasteiger partial charge on any atom is -0.326 e. The molecule has 0 amide bonds. The van der Waals surface area contributed by atoms with Gasteiger partial charge in [-0.1, -0.05) is 0 Å². The quantitative estimate of drug-likeness (QED) is 0.681. The van der Waals surface area contributed by atoms with Gasteiger partial charge in [-0.3, -0.25) is 0 Å². The van der Waals surface area contributed by atoms with E-state index < -0.39 is 0 Å². The smallest absolute Gasteiger partial charge is 0.0371 e. The Kier molecular flexibility index (Phi) is 5.10. The van der Waals surface area contributed by atoms with Crippen molar-refractivity contribution in [2.75, 3.05) is 33.7 Å². The summed E-state index contributed by atoms with van der Waals surface area (Å²) in [5.74, 6) is 2.67. The van der Waals surface area contributed by atoms with E-state index in [9.17, 15) is 0 Å². The molecule has 1 aliphatic heterocycles. The lowest BCUT2D eigenvalue weighted by molar-refractivity contribution is 0.192. The van der Waals surface area contributed by atoms with Crippen molar-refractivity contribution in [2.45, 2.75) is 31.3 Å². The van der Waals surface area contributed by atoms with Crippen molar-refractivity contribution in [1.82, 2.24) is 9.80 Å². The maximum atomic E-state index is 6.19. The molecule has 1 fully saturated rings. The molecule has 0 saturated carbocycles. The van der Waals surface area contributed by atoms with Gasteiger partial charge in [-0.15, -0.1) is 12.3 Å². The molecule has 15 heavy (non-hydrogen) atoms. The summed E-state index contributed by atoms with van der Waals surface area (Å²) in [6.07, 6.45) is 8.21. The van der Waals surface area contributed by atoms with Gasteiger partial charge in [0.25, 0.3) is 0 Å². The lowest BCUT2D eigenvalue weighted by atomic mass is 10.0. The van der Waals surface area contributed by atoms with Crippen LogP contribution in [-0.4, -0.2) is 55.6 Å². The topological polar surface area (TPSA) is 32.5 Å². The lowest BCUT2D eigenvalue weighted by Crippen LogP contribution is -2.50. The zero-order valence-electron chi connectivity index (χ0n) is 9.95. The molecule has 3 nitrogen and oxygen atoms in total. The summed E-state index contributed by atoms with van der Waals surface area (Å²) in [5.41, 5.74) is 6.19. The van der Waals surface area contributed by atoms with Crippen LogP contribution in [-0.2, 0) is 0 Å². The number of rotatable bonds is 3. The van der Waals surface area contributed by atoms with Crippen LogP contribution in [0, 0.1) is 12.3 Å². The summed E-state index contributed by atoms with van der Waals surface area (Å²) in [5, 5.41) is 0. The maximum Gasteiger partial charge on any atom is 0.0371 e. The molecule has 1 rings (SSSR count). The Morgan fingerprint density at radius 3 is 2.87 bits per heavy atom. The monoisotopic (exact) mass is 209 g/mol. The predicted molar refractivity (Wildman–Crippen MR) is 64.6 cm³/mol. The molecule has 2 atom stereocenters. The van der Waals surface area contributed by atoms with Crippen molar-refractivity contribution in [3.63, 3.8) is 0 Å². The van der Waals surface area contributed by atoms with Crippen LogP contribution in [0.15, 0.2) is 0 Å². The van der Waals surface area contributed by atoms with Crippen LogP contribution in [0.1, 0.15) is 19.3 Å². The predicted octanol–water partition coefficient (Wildman–Crippen LogP) is 0.363. The van der Waals surface area contributed by atoms with Crippen LogP contribution < -0.4 is 5.73 Å². The molecule has 1 aliphatic rings. The highest BCUT2D eigenvalue weighted by molar-refractivity contribution is 4.90. The molecular formula is C12H23N3. The zero-order valence-corrected chi connectivity index (χ0v) is 9.95. The van der Waals surface area contributed by atoms with E-state index in [0.29, 0.717) is 6.04 Å². The zero-order chi connectivity index (χ0) is 11.3. The summed E-state index contributed by atoms with van der Waals surface area (Å²) < 4.78 is 0. The van der Waals surface area contributed by atoms with Crippen molar-refractivity contribution in [1.29, 1.82) is 0 Å². The highest BCUT2D eigenvalue weighted by atomic mass is 15.2. The molecule has 0 aromatic heterocycles. The molecule has 2 unspecified atom stereocenters. The van der Waals surface area contributed by atoms with E-state index in [1.807, 2.05) is 0 Å². The van der Waals surface area contributed by atoms with Gasteiger partial charge < -0.3 is 15.5 Å². The fourth-order valence-corrected chi connectivity index (χ4v) is 2.21. The first-order valence-electron chi connectivity index (χ1n) is 5.73. The van der Waals surface area contributed by atoms with E-state index in [1.165, 1.54) is 13.0 Å². The number of likely N-dealkylation sites (N-methyl/N-ethyl adjacent to an activating group) is 2. The molecule has 0 aliphatic carbocycles. The van der Waals surface area contributed by atoms with Crippen LogP contribution in [0.3, 0.4) is 0 Å². The van der Waals surface area contributed by atoms with Crippen molar-refractivity contribution in [2.24, 2.45) is 5.73 Å². The number of nitrogens with two attached hydrogens (primary N) is 1. The van der Waals surface area contributed by atoms with E-state index >= 15 is 0 Å². The third kappa shape index (κ3) is 3.83. The minimum absolute atomic E-state index is 0.201. The molecule has 0 aromatic carbocycles. The summed E-state index contributed by atoms with van der Waals surface area (Å²) in [7, 11) is 4.33. The molecular weight excluding hydrogens is 186 g/mol. The molecule has 1 heterocycles. The second-order valence-electron chi connectivity index (χ2n) is 4.57. The Balaban J connectivity index is 2.51. The number of nitrogens with zero attached hydrogens (tertiary/aromatic N) is 2. The Morgan fingerprint density at radius 1 is 1.47 bits per heavy atom. The van der Waals surface area contributed by atoms with Gasteiger partial charge in [0.05, 0.1) is 0 Å². The molecule has 0 spiro atoms.